The maximum Gasteiger partial charge on any atom is 0.252 e. The first-order valence-electron chi connectivity index (χ1n) is 37.8. The molecule has 107 heavy (non-hydrogen) atoms. The fourth-order valence-corrected chi connectivity index (χ4v) is 16.0. The Labute approximate surface area is 628 Å². The molecule has 18 rings (SSSR count). The van der Waals surface area contributed by atoms with Gasteiger partial charge < -0.3 is 9.80 Å². The lowest BCUT2D eigenvalue weighted by Gasteiger charge is -2.45. The molecule has 510 valence electrons. The Morgan fingerprint density at radius 1 is 0.224 bits per heavy atom. The minimum absolute atomic E-state index is 0.178. The van der Waals surface area contributed by atoms with Gasteiger partial charge >= 0.3 is 0 Å². The molecule has 2 aliphatic heterocycles. The van der Waals surface area contributed by atoms with E-state index in [2.05, 4.69) is 388 Å². The van der Waals surface area contributed by atoms with Crippen molar-refractivity contribution < 1.29 is 0 Å². The van der Waals surface area contributed by atoms with Crippen LogP contribution in [0.15, 0.2) is 364 Å². The molecule has 0 bridgehead atoms. The van der Waals surface area contributed by atoms with E-state index < -0.39 is 0 Å². The maximum absolute atomic E-state index is 5.93. The van der Waals surface area contributed by atoms with Crippen molar-refractivity contribution in [3.63, 3.8) is 0 Å². The molecule has 16 aromatic rings. The molecule has 0 spiro atoms. The number of anilines is 6. The van der Waals surface area contributed by atoms with E-state index in [4.69, 9.17) is 15.0 Å². The van der Waals surface area contributed by atoms with Crippen LogP contribution in [0.2, 0.25) is 0 Å². The molecule has 0 saturated carbocycles. The highest BCUT2D eigenvalue weighted by atomic mass is 15.2. The Morgan fingerprint density at radius 2 is 0.458 bits per heavy atom. The molecular formula is C101H78BN5. The van der Waals surface area contributed by atoms with Crippen molar-refractivity contribution in [3.05, 3.63) is 375 Å². The Hall–Kier alpha value is -13.0. The first-order chi connectivity index (χ1) is 52.9. The highest BCUT2D eigenvalue weighted by Gasteiger charge is 2.44. The highest BCUT2D eigenvalue weighted by Crippen LogP contribution is 2.50. The van der Waals surface area contributed by atoms with Gasteiger partial charge in [0, 0.05) is 50.8 Å². The minimum atomic E-state index is -0.178. The van der Waals surface area contributed by atoms with E-state index in [1.165, 1.54) is 27.5 Å². The molecular weight excluding hydrogens is 1290 g/mol. The van der Waals surface area contributed by atoms with Crippen LogP contribution in [0.4, 0.5) is 34.1 Å². The quantitative estimate of drug-likeness (QED) is 0.0755. The molecule has 0 saturated heterocycles. The van der Waals surface area contributed by atoms with Gasteiger partial charge in [-0.15, -0.1) is 0 Å². The number of nitrogens with zero attached hydrogens (tertiary/aromatic N) is 5. The number of fused-ring (bicyclic) bond motifs is 4. The van der Waals surface area contributed by atoms with Crippen molar-refractivity contribution in [3.8, 4) is 123 Å². The largest absolute Gasteiger partial charge is 0.311 e. The lowest BCUT2D eigenvalue weighted by atomic mass is 9.33. The number of hydrogen-bond donors (Lipinski definition) is 0. The fraction of sp³-hybridized carbons (Fsp3) is 0.0792. The molecule has 0 N–H and O–H groups in total. The molecule has 15 aromatic carbocycles. The van der Waals surface area contributed by atoms with Gasteiger partial charge in [-0.3, -0.25) is 0 Å². The zero-order valence-corrected chi connectivity index (χ0v) is 60.2. The highest BCUT2D eigenvalue weighted by molar-refractivity contribution is 7.00. The molecule has 6 heteroatoms. The molecule has 5 nitrogen and oxygen atoms in total. The van der Waals surface area contributed by atoms with Gasteiger partial charge in [0.2, 0.25) is 0 Å². The zero-order chi connectivity index (χ0) is 71.6. The van der Waals surface area contributed by atoms with Gasteiger partial charge in [-0.2, -0.15) is 0 Å². The summed E-state index contributed by atoms with van der Waals surface area (Å²) in [6.07, 6.45) is 6.24. The maximum atomic E-state index is 5.93. The van der Waals surface area contributed by atoms with Crippen molar-refractivity contribution in [2.24, 2.45) is 0 Å². The summed E-state index contributed by atoms with van der Waals surface area (Å²) in [6.45, 7) is 4.41. The Balaban J connectivity index is 0.979. The summed E-state index contributed by atoms with van der Waals surface area (Å²) in [4.78, 5) is 22.8. The number of aryl methyl sites for hydroxylation is 2. The van der Waals surface area contributed by atoms with Gasteiger partial charge in [-0.1, -0.05) is 294 Å². The van der Waals surface area contributed by atoms with E-state index in [0.29, 0.717) is 17.5 Å². The Bertz CT molecular complexity index is 5310. The Kier molecular flexibility index (Phi) is 18.0. The molecule has 0 radical (unpaired) electrons. The van der Waals surface area contributed by atoms with Crippen molar-refractivity contribution in [1.29, 1.82) is 0 Å². The van der Waals surface area contributed by atoms with Crippen molar-refractivity contribution >= 4 is 57.2 Å². The van der Waals surface area contributed by atoms with Crippen molar-refractivity contribution in [1.82, 2.24) is 15.0 Å². The van der Waals surface area contributed by atoms with E-state index in [1.54, 1.807) is 0 Å². The summed E-state index contributed by atoms with van der Waals surface area (Å²) < 4.78 is 0. The van der Waals surface area contributed by atoms with Crippen LogP contribution < -0.4 is 26.2 Å². The van der Waals surface area contributed by atoms with Gasteiger partial charge in [-0.25, -0.2) is 15.0 Å². The van der Waals surface area contributed by atoms with Gasteiger partial charge in [0.1, 0.15) is 0 Å². The van der Waals surface area contributed by atoms with E-state index in [1.807, 2.05) is 0 Å². The molecule has 0 aliphatic carbocycles. The van der Waals surface area contributed by atoms with Crippen molar-refractivity contribution in [2.45, 2.75) is 52.4 Å². The van der Waals surface area contributed by atoms with Crippen LogP contribution in [-0.2, 0) is 12.8 Å². The average molecular weight is 1370 g/mol. The normalized spacial score (nSPS) is 12.0. The van der Waals surface area contributed by atoms with Crippen LogP contribution in [0.25, 0.3) is 123 Å². The second-order valence-corrected chi connectivity index (χ2v) is 28.4. The third-order valence-electron chi connectivity index (χ3n) is 21.3. The number of benzene rings is 15. The predicted octanol–water partition coefficient (Wildman–Crippen LogP) is 25.0. The van der Waals surface area contributed by atoms with E-state index in [9.17, 15) is 0 Å². The van der Waals surface area contributed by atoms with Crippen LogP contribution in [0, 0.1) is 0 Å². The third-order valence-corrected chi connectivity index (χ3v) is 21.3. The third kappa shape index (κ3) is 13.3. The summed E-state index contributed by atoms with van der Waals surface area (Å²) in [5, 5.41) is 0. The lowest BCUT2D eigenvalue weighted by molar-refractivity contribution is 0.795. The second kappa shape index (κ2) is 29.3. The predicted molar refractivity (Wildman–Crippen MR) is 451 cm³/mol. The summed E-state index contributed by atoms with van der Waals surface area (Å²) in [6, 6.07) is 134. The fourth-order valence-electron chi connectivity index (χ4n) is 16.0. The van der Waals surface area contributed by atoms with Gasteiger partial charge in [0.05, 0.1) is 0 Å². The van der Waals surface area contributed by atoms with Crippen LogP contribution in [0.5, 0.6) is 0 Å². The van der Waals surface area contributed by atoms with Gasteiger partial charge in [0.15, 0.2) is 17.5 Å². The average Bonchev–Trinajstić information content (AvgIpc) is 0.693. The molecule has 1 aromatic heterocycles. The Morgan fingerprint density at radius 3 is 0.710 bits per heavy atom. The molecule has 2 aliphatic rings. The number of hydrogen-bond acceptors (Lipinski definition) is 5. The molecule has 0 atom stereocenters. The minimum Gasteiger partial charge on any atom is -0.311 e. The van der Waals surface area contributed by atoms with E-state index in [0.717, 1.165) is 178 Å². The van der Waals surface area contributed by atoms with Crippen LogP contribution >= 0.6 is 0 Å². The first kappa shape index (κ1) is 66.0. The van der Waals surface area contributed by atoms with Gasteiger partial charge in [0.25, 0.3) is 6.71 Å². The summed E-state index contributed by atoms with van der Waals surface area (Å²) in [5.74, 6) is 1.67. The number of aromatic nitrogens is 3. The first-order valence-corrected chi connectivity index (χ1v) is 37.8. The van der Waals surface area contributed by atoms with Gasteiger partial charge in [-0.05, 0) is 239 Å². The smallest absolute Gasteiger partial charge is 0.252 e. The standard InChI is InChI=1S/C101H78BN5/c1-3-5-31-69-49-51-92-94(53-69)106(90-63-83(75-41-23-11-24-42-75)57-84(64-90)76-43-25-12-26-44-76)96-67-89(68-97-98(96)102(92)93-52-50-70(32-6-4-2)54-95(93)107(97)91-65-85(77-45-27-13-28-46-77)58-86(66-91)78-47-29-14-30-48-78)101-104-99(87-59-79(71-33-15-7-16-34-71)55-80(60-87)72-35-17-8-18-36-72)103-100(105-101)88-61-81(73-37-19-9-20-38-73)56-82(62-88)74-39-21-10-22-40-74/h7-30,33-68H,3-6,31-32H2,1-2H3. The summed E-state index contributed by atoms with van der Waals surface area (Å²) in [5.41, 5.74) is 33.2. The van der Waals surface area contributed by atoms with E-state index >= 15 is 0 Å². The number of rotatable bonds is 19. The summed E-state index contributed by atoms with van der Waals surface area (Å²) >= 11 is 0. The monoisotopic (exact) mass is 1370 g/mol. The topological polar surface area (TPSA) is 45.2 Å². The lowest BCUT2D eigenvalue weighted by Crippen LogP contribution is -2.61. The van der Waals surface area contributed by atoms with Crippen molar-refractivity contribution in [2.75, 3.05) is 9.80 Å². The molecule has 0 fully saturated rings. The van der Waals surface area contributed by atoms with Crippen LogP contribution in [-0.4, -0.2) is 21.7 Å². The SMILES string of the molecule is CCCCc1ccc2c(c1)N(c1cc(-c3ccccc3)cc(-c3ccccc3)c1)c1cc(-c3nc(-c4cc(-c5ccccc5)cc(-c5ccccc5)c4)nc(-c4cc(-c5ccccc5)cc(-c5ccccc5)c4)n3)cc3c1B2c1ccc(CCCC)cc1N3c1cc(-c2ccccc2)cc(-c2ccccc2)c1. The van der Waals surface area contributed by atoms with Crippen LogP contribution in [0.1, 0.15) is 50.7 Å². The second-order valence-electron chi connectivity index (χ2n) is 28.4. The molecule has 0 unspecified atom stereocenters. The molecule has 0 amide bonds. The summed E-state index contributed by atoms with van der Waals surface area (Å²) in [7, 11) is 0. The molecule has 3 heterocycles. The number of unbranched alkanes of at least 4 members (excludes halogenated alkanes) is 2. The van der Waals surface area contributed by atoms with Crippen LogP contribution in [0.3, 0.4) is 0 Å². The zero-order valence-electron chi connectivity index (χ0n) is 60.2. The van der Waals surface area contributed by atoms with E-state index in [-0.39, 0.29) is 6.71 Å².